The molecular formula is C27H24BrNO7S2. The Morgan fingerprint density at radius 2 is 1.76 bits per heavy atom. The highest BCUT2D eigenvalue weighted by atomic mass is 79.9. The molecule has 2 amide bonds. The summed E-state index contributed by atoms with van der Waals surface area (Å²) in [6.07, 6.45) is 1.55. The highest BCUT2D eigenvalue weighted by molar-refractivity contribution is 9.10. The van der Waals surface area contributed by atoms with Crippen molar-refractivity contribution in [3.63, 3.8) is 0 Å². The Kier molecular flexibility index (Phi) is 8.80. The first-order valence-electron chi connectivity index (χ1n) is 11.6. The third-order valence-electron chi connectivity index (χ3n) is 5.30. The molecule has 1 aliphatic heterocycles. The van der Waals surface area contributed by atoms with E-state index in [4.69, 9.17) is 13.7 Å². The molecule has 0 unspecified atom stereocenters. The molecule has 0 bridgehead atoms. The maximum Gasteiger partial charge on any atom is 0.339 e. The number of hydrogen-bond donors (Lipinski definition) is 0. The number of thioether (sulfide) groups is 1. The molecule has 1 aliphatic rings. The Balaban J connectivity index is 1.52. The summed E-state index contributed by atoms with van der Waals surface area (Å²) in [5, 5.41) is -0.396. The second-order valence-electron chi connectivity index (χ2n) is 8.11. The van der Waals surface area contributed by atoms with Crippen LogP contribution in [0, 0.1) is 6.92 Å². The van der Waals surface area contributed by atoms with Crippen LogP contribution < -0.4 is 13.7 Å². The van der Waals surface area contributed by atoms with E-state index in [1.54, 1.807) is 43.3 Å². The van der Waals surface area contributed by atoms with Crippen molar-refractivity contribution in [3.8, 4) is 17.2 Å². The van der Waals surface area contributed by atoms with Crippen LogP contribution >= 0.6 is 27.7 Å². The molecule has 3 aromatic carbocycles. The van der Waals surface area contributed by atoms with Crippen LogP contribution in [0.15, 0.2) is 81.0 Å². The minimum absolute atomic E-state index is 0.00141. The molecule has 11 heteroatoms. The van der Waals surface area contributed by atoms with Gasteiger partial charge < -0.3 is 13.7 Å². The first-order chi connectivity index (χ1) is 18.2. The summed E-state index contributed by atoms with van der Waals surface area (Å²) in [5.74, 6) is 0.374. The molecule has 1 heterocycles. The van der Waals surface area contributed by atoms with E-state index in [2.05, 4.69) is 15.9 Å². The Labute approximate surface area is 233 Å². The molecule has 4 rings (SSSR count). The summed E-state index contributed by atoms with van der Waals surface area (Å²) < 4.78 is 42.6. The van der Waals surface area contributed by atoms with Crippen LogP contribution in [0.2, 0.25) is 0 Å². The van der Waals surface area contributed by atoms with Gasteiger partial charge in [-0.1, -0.05) is 30.3 Å². The average molecular weight is 619 g/mol. The quantitative estimate of drug-likeness (QED) is 0.200. The molecule has 0 radical (unpaired) electrons. The van der Waals surface area contributed by atoms with Gasteiger partial charge in [-0.15, -0.1) is 0 Å². The Bertz CT molecular complexity index is 1490. The smallest absolute Gasteiger partial charge is 0.339 e. The minimum Gasteiger partial charge on any atom is -0.492 e. The van der Waals surface area contributed by atoms with E-state index in [0.29, 0.717) is 15.8 Å². The maximum atomic E-state index is 12.9. The molecule has 8 nitrogen and oxygen atoms in total. The van der Waals surface area contributed by atoms with Crippen molar-refractivity contribution in [2.75, 3.05) is 19.8 Å². The first kappa shape index (κ1) is 27.7. The normalized spacial score (nSPS) is 14.7. The van der Waals surface area contributed by atoms with Crippen molar-refractivity contribution < 1.29 is 31.7 Å². The summed E-state index contributed by atoms with van der Waals surface area (Å²) in [5.41, 5.74) is 1.56. The number of nitrogens with zero attached hydrogens (tertiary/aromatic N) is 1. The topological polar surface area (TPSA) is 99.2 Å². The predicted molar refractivity (Wildman–Crippen MR) is 149 cm³/mol. The number of hydrogen-bond acceptors (Lipinski definition) is 8. The van der Waals surface area contributed by atoms with E-state index in [1.807, 2.05) is 31.2 Å². The summed E-state index contributed by atoms with van der Waals surface area (Å²) in [6, 6.07) is 18.4. The van der Waals surface area contributed by atoms with Gasteiger partial charge in [-0.25, -0.2) is 0 Å². The van der Waals surface area contributed by atoms with Crippen molar-refractivity contribution in [2.45, 2.75) is 18.7 Å². The molecule has 0 aromatic heterocycles. The van der Waals surface area contributed by atoms with Gasteiger partial charge in [0.25, 0.3) is 11.1 Å². The van der Waals surface area contributed by atoms with Gasteiger partial charge in [-0.2, -0.15) is 8.42 Å². The third-order valence-corrected chi connectivity index (χ3v) is 8.03. The van der Waals surface area contributed by atoms with Crippen LogP contribution in [0.3, 0.4) is 0 Å². The van der Waals surface area contributed by atoms with Gasteiger partial charge in [0.2, 0.25) is 0 Å². The van der Waals surface area contributed by atoms with Crippen molar-refractivity contribution in [3.05, 3.63) is 87.2 Å². The number of amides is 2. The van der Waals surface area contributed by atoms with Gasteiger partial charge in [0, 0.05) is 0 Å². The third kappa shape index (κ3) is 6.58. The van der Waals surface area contributed by atoms with Crippen LogP contribution in [0.4, 0.5) is 4.79 Å². The zero-order valence-electron chi connectivity index (χ0n) is 20.5. The van der Waals surface area contributed by atoms with Crippen molar-refractivity contribution >= 4 is 55.0 Å². The molecular weight excluding hydrogens is 594 g/mol. The van der Waals surface area contributed by atoms with Gasteiger partial charge in [0.1, 0.15) is 17.3 Å². The van der Waals surface area contributed by atoms with Crippen LogP contribution in [0.5, 0.6) is 17.2 Å². The van der Waals surface area contributed by atoms with Gasteiger partial charge in [0.15, 0.2) is 11.5 Å². The lowest BCUT2D eigenvalue weighted by molar-refractivity contribution is -0.123. The SMILES string of the molecule is CCOc1cc(/C=C2\SC(=O)N(CCOc3cccc(C)c3)C2=O)cc(Br)c1OS(=O)(=O)c1ccccc1. The van der Waals surface area contributed by atoms with E-state index < -0.39 is 21.3 Å². The van der Waals surface area contributed by atoms with Crippen LogP contribution in [-0.4, -0.2) is 44.2 Å². The van der Waals surface area contributed by atoms with E-state index in [1.165, 1.54) is 12.1 Å². The Morgan fingerprint density at radius 3 is 2.47 bits per heavy atom. The van der Waals surface area contributed by atoms with Crippen molar-refractivity contribution in [2.24, 2.45) is 0 Å². The van der Waals surface area contributed by atoms with Crippen molar-refractivity contribution in [1.29, 1.82) is 0 Å². The number of carbonyl (C=O) groups is 2. The molecule has 0 spiro atoms. The van der Waals surface area contributed by atoms with Crippen molar-refractivity contribution in [1.82, 2.24) is 4.90 Å². The minimum atomic E-state index is -4.11. The summed E-state index contributed by atoms with van der Waals surface area (Å²) >= 11 is 4.18. The standard InChI is InChI=1S/C27H24BrNO7S2/c1-3-34-23-16-19(15-22(28)25(23)36-38(32,33)21-10-5-4-6-11-21)17-24-26(30)29(27(31)37-24)12-13-35-20-9-7-8-18(2)14-20/h4-11,14-17H,3,12-13H2,1-2H3/b24-17-. The molecule has 1 saturated heterocycles. The molecule has 3 aromatic rings. The first-order valence-corrected chi connectivity index (χ1v) is 14.6. The van der Waals surface area contributed by atoms with E-state index in [-0.39, 0.29) is 41.1 Å². The fourth-order valence-corrected chi connectivity index (χ4v) is 6.05. The van der Waals surface area contributed by atoms with Gasteiger partial charge >= 0.3 is 10.1 Å². The second kappa shape index (κ2) is 12.1. The fraction of sp³-hybridized carbons (Fsp3) is 0.185. The number of halogens is 1. The van der Waals surface area contributed by atoms with Crippen LogP contribution in [0.25, 0.3) is 6.08 Å². The van der Waals surface area contributed by atoms with Crippen LogP contribution in [0.1, 0.15) is 18.1 Å². The van der Waals surface area contributed by atoms with Gasteiger partial charge in [-0.05, 0) is 95.1 Å². The number of aryl methyl sites for hydroxylation is 1. The predicted octanol–water partition coefficient (Wildman–Crippen LogP) is 6.04. The lowest BCUT2D eigenvalue weighted by Gasteiger charge is -2.15. The number of benzene rings is 3. The molecule has 0 atom stereocenters. The Morgan fingerprint density at radius 1 is 1.00 bits per heavy atom. The monoisotopic (exact) mass is 617 g/mol. The van der Waals surface area contributed by atoms with Crippen LogP contribution in [-0.2, 0) is 14.9 Å². The zero-order chi connectivity index (χ0) is 27.3. The molecule has 0 N–H and O–H groups in total. The molecule has 1 fully saturated rings. The number of imide groups is 1. The highest BCUT2D eigenvalue weighted by Crippen LogP contribution is 2.40. The second-order valence-corrected chi connectivity index (χ2v) is 11.5. The van der Waals surface area contributed by atoms with E-state index in [0.717, 1.165) is 22.2 Å². The van der Waals surface area contributed by atoms with Gasteiger partial charge in [0.05, 0.1) is 22.5 Å². The summed E-state index contributed by atoms with van der Waals surface area (Å²) in [7, 11) is -4.11. The van der Waals surface area contributed by atoms with Gasteiger partial charge in [-0.3, -0.25) is 14.5 Å². The lowest BCUT2D eigenvalue weighted by Crippen LogP contribution is -2.32. The maximum absolute atomic E-state index is 12.9. The largest absolute Gasteiger partial charge is 0.492 e. The molecule has 198 valence electrons. The summed E-state index contributed by atoms with van der Waals surface area (Å²) in [6.45, 7) is 4.21. The lowest BCUT2D eigenvalue weighted by atomic mass is 10.2. The molecule has 0 saturated carbocycles. The highest BCUT2D eigenvalue weighted by Gasteiger charge is 2.35. The Hall–Kier alpha value is -3.28. The number of rotatable bonds is 10. The number of carbonyl (C=O) groups excluding carboxylic acids is 2. The summed E-state index contributed by atoms with van der Waals surface area (Å²) in [4.78, 5) is 26.8. The number of ether oxygens (including phenoxy) is 2. The fourth-order valence-electron chi connectivity index (χ4n) is 3.56. The molecule has 38 heavy (non-hydrogen) atoms. The average Bonchev–Trinajstić information content (AvgIpc) is 3.14. The van der Waals surface area contributed by atoms with E-state index >= 15 is 0 Å². The molecule has 0 aliphatic carbocycles. The van der Waals surface area contributed by atoms with E-state index in [9.17, 15) is 18.0 Å². The zero-order valence-corrected chi connectivity index (χ0v) is 23.8.